The summed E-state index contributed by atoms with van der Waals surface area (Å²) in [6.45, 7) is 1.22. The van der Waals surface area contributed by atoms with Gasteiger partial charge in [0.25, 0.3) is 5.71 Å². The van der Waals surface area contributed by atoms with E-state index in [0.29, 0.717) is 47.9 Å². The summed E-state index contributed by atoms with van der Waals surface area (Å²) in [5.74, 6) is 0.338. The zero-order chi connectivity index (χ0) is 20.5. The summed E-state index contributed by atoms with van der Waals surface area (Å²) in [4.78, 5) is 16.5. The largest absolute Gasteiger partial charge is 0.490 e. The molecule has 1 aliphatic heterocycles. The minimum Gasteiger partial charge on any atom is -0.490 e. The zero-order valence-electron chi connectivity index (χ0n) is 16.0. The lowest BCUT2D eigenvalue weighted by atomic mass is 10.0. The number of pyridine rings is 1. The van der Waals surface area contributed by atoms with Crippen molar-refractivity contribution in [3.05, 3.63) is 71.4 Å². The number of carbonyl (C=O) groups is 1. The molecule has 0 radical (unpaired) electrons. The van der Waals surface area contributed by atoms with Gasteiger partial charge in [-0.3, -0.25) is 0 Å². The Hall–Kier alpha value is -3.87. The van der Waals surface area contributed by atoms with Gasteiger partial charge in [-0.15, -0.1) is 0 Å². The fraction of sp³-hybridized carbons (Fsp3) is 0.174. The molecule has 30 heavy (non-hydrogen) atoms. The van der Waals surface area contributed by atoms with E-state index >= 15 is 0 Å². The van der Waals surface area contributed by atoms with Crippen LogP contribution in [0.2, 0.25) is 0 Å². The van der Waals surface area contributed by atoms with E-state index in [1.807, 2.05) is 48.5 Å². The Morgan fingerprint density at radius 2 is 1.80 bits per heavy atom. The third kappa shape index (κ3) is 3.34. The molecule has 0 spiro atoms. The van der Waals surface area contributed by atoms with Crippen LogP contribution in [-0.4, -0.2) is 34.4 Å². The van der Waals surface area contributed by atoms with Crippen molar-refractivity contribution in [2.75, 3.05) is 13.2 Å². The van der Waals surface area contributed by atoms with Crippen molar-refractivity contribution >= 4 is 17.1 Å². The summed E-state index contributed by atoms with van der Waals surface area (Å²) in [6.07, 6.45) is 1.21. The number of rotatable bonds is 4. The smallest absolute Gasteiger partial charge is 0.336 e. The molecule has 7 heteroatoms. The van der Waals surface area contributed by atoms with Crippen LogP contribution in [0, 0.1) is 0 Å². The SMILES string of the molecule is O=C(O)c1cc(-c2ccccc2)nc2onc(Cc3ccc4c(c3)OCCCO4)c12. The normalized spacial score (nSPS) is 13.2. The minimum absolute atomic E-state index is 0.115. The van der Waals surface area contributed by atoms with Gasteiger partial charge in [-0.05, 0) is 23.8 Å². The molecule has 1 aliphatic rings. The number of ether oxygens (including phenoxy) is 2. The Labute approximate surface area is 171 Å². The summed E-state index contributed by atoms with van der Waals surface area (Å²) >= 11 is 0. The number of carboxylic acids is 1. The molecule has 5 rings (SSSR count). The highest BCUT2D eigenvalue weighted by Gasteiger charge is 2.21. The number of aromatic carboxylic acids is 1. The second-order valence-corrected chi connectivity index (χ2v) is 7.04. The van der Waals surface area contributed by atoms with E-state index in [1.165, 1.54) is 0 Å². The number of hydrogen-bond donors (Lipinski definition) is 1. The molecule has 2 aromatic heterocycles. The van der Waals surface area contributed by atoms with Crippen LogP contribution in [0.4, 0.5) is 0 Å². The van der Waals surface area contributed by atoms with Crippen LogP contribution in [0.1, 0.15) is 28.0 Å². The molecule has 7 nitrogen and oxygen atoms in total. The van der Waals surface area contributed by atoms with Crippen LogP contribution in [-0.2, 0) is 6.42 Å². The highest BCUT2D eigenvalue weighted by molar-refractivity contribution is 6.03. The maximum Gasteiger partial charge on any atom is 0.336 e. The Morgan fingerprint density at radius 3 is 2.60 bits per heavy atom. The van der Waals surface area contributed by atoms with Crippen molar-refractivity contribution in [3.63, 3.8) is 0 Å². The second kappa shape index (κ2) is 7.51. The van der Waals surface area contributed by atoms with E-state index in [1.54, 1.807) is 6.07 Å². The van der Waals surface area contributed by atoms with Gasteiger partial charge in [0.1, 0.15) is 0 Å². The average Bonchev–Trinajstić information content (AvgIpc) is 3.01. The predicted octanol–water partition coefficient (Wildman–Crippen LogP) is 4.34. The standard InChI is InChI=1S/C23H18N2O5/c26-23(27)16-13-17(15-5-2-1-3-6-15)24-22-21(16)18(25-30-22)11-14-7-8-19-20(12-14)29-10-4-9-28-19/h1-3,5-8,12-13H,4,9-11H2,(H,26,27). The van der Waals surface area contributed by atoms with Gasteiger partial charge in [0.05, 0.1) is 35.6 Å². The third-order valence-corrected chi connectivity index (χ3v) is 5.00. The van der Waals surface area contributed by atoms with Crippen LogP contribution in [0.25, 0.3) is 22.4 Å². The maximum atomic E-state index is 12.0. The first-order chi connectivity index (χ1) is 14.7. The van der Waals surface area contributed by atoms with E-state index in [0.717, 1.165) is 17.5 Å². The number of nitrogens with zero attached hydrogens (tertiary/aromatic N) is 2. The van der Waals surface area contributed by atoms with Gasteiger partial charge < -0.3 is 19.1 Å². The molecule has 0 saturated carbocycles. The average molecular weight is 402 g/mol. The van der Waals surface area contributed by atoms with Gasteiger partial charge >= 0.3 is 5.97 Å². The van der Waals surface area contributed by atoms with Crippen molar-refractivity contribution in [3.8, 4) is 22.8 Å². The van der Waals surface area contributed by atoms with E-state index in [4.69, 9.17) is 14.0 Å². The van der Waals surface area contributed by atoms with Crippen LogP contribution < -0.4 is 9.47 Å². The zero-order valence-corrected chi connectivity index (χ0v) is 16.0. The number of aromatic nitrogens is 2. The lowest BCUT2D eigenvalue weighted by Gasteiger charge is -2.09. The van der Waals surface area contributed by atoms with E-state index in [2.05, 4.69) is 10.1 Å². The number of hydrogen-bond acceptors (Lipinski definition) is 6. The van der Waals surface area contributed by atoms with E-state index in [9.17, 15) is 9.90 Å². The highest BCUT2D eigenvalue weighted by Crippen LogP contribution is 2.33. The Balaban J connectivity index is 1.56. The molecule has 1 N–H and O–H groups in total. The quantitative estimate of drug-likeness (QED) is 0.542. The molecule has 4 aromatic rings. The molecule has 0 aliphatic carbocycles. The van der Waals surface area contributed by atoms with Gasteiger partial charge in [-0.2, -0.15) is 0 Å². The van der Waals surface area contributed by atoms with Crippen LogP contribution >= 0.6 is 0 Å². The van der Waals surface area contributed by atoms with Gasteiger partial charge in [0.15, 0.2) is 11.5 Å². The number of benzene rings is 2. The van der Waals surface area contributed by atoms with Crippen LogP contribution in [0.15, 0.2) is 59.1 Å². The first-order valence-corrected chi connectivity index (χ1v) is 9.65. The monoisotopic (exact) mass is 402 g/mol. The lowest BCUT2D eigenvalue weighted by molar-refractivity contribution is 0.0699. The van der Waals surface area contributed by atoms with E-state index in [-0.39, 0.29) is 11.3 Å². The second-order valence-electron chi connectivity index (χ2n) is 7.04. The topological polar surface area (TPSA) is 94.7 Å². The molecule has 0 atom stereocenters. The van der Waals surface area contributed by atoms with Gasteiger partial charge in [-0.1, -0.05) is 41.6 Å². The summed E-state index contributed by atoms with van der Waals surface area (Å²) in [5, 5.41) is 14.4. The third-order valence-electron chi connectivity index (χ3n) is 5.00. The summed E-state index contributed by atoms with van der Waals surface area (Å²) in [5.41, 5.74) is 3.09. The first-order valence-electron chi connectivity index (χ1n) is 9.65. The molecular formula is C23H18N2O5. The highest BCUT2D eigenvalue weighted by atomic mass is 16.5. The summed E-state index contributed by atoms with van der Waals surface area (Å²) < 4.78 is 16.8. The minimum atomic E-state index is -1.05. The Kier molecular flexibility index (Phi) is 4.55. The fourth-order valence-electron chi connectivity index (χ4n) is 3.57. The predicted molar refractivity (Wildman–Crippen MR) is 109 cm³/mol. The van der Waals surface area contributed by atoms with Crippen LogP contribution in [0.3, 0.4) is 0 Å². The molecule has 2 aromatic carbocycles. The maximum absolute atomic E-state index is 12.0. The number of carboxylic acid groups (broad SMARTS) is 1. The van der Waals surface area contributed by atoms with Crippen molar-refractivity contribution in [1.82, 2.24) is 10.1 Å². The van der Waals surface area contributed by atoms with Crippen molar-refractivity contribution in [1.29, 1.82) is 0 Å². The van der Waals surface area contributed by atoms with Crippen LogP contribution in [0.5, 0.6) is 11.5 Å². The van der Waals surface area contributed by atoms with Gasteiger partial charge in [-0.25, -0.2) is 9.78 Å². The van der Waals surface area contributed by atoms with Gasteiger partial charge in [0, 0.05) is 18.4 Å². The lowest BCUT2D eigenvalue weighted by Crippen LogP contribution is -2.01. The van der Waals surface area contributed by atoms with Gasteiger partial charge in [0.2, 0.25) is 0 Å². The Bertz CT molecular complexity index is 1230. The summed E-state index contributed by atoms with van der Waals surface area (Å²) in [7, 11) is 0. The Morgan fingerprint density at radius 1 is 1.00 bits per heavy atom. The molecule has 0 bridgehead atoms. The number of fused-ring (bicyclic) bond motifs is 2. The van der Waals surface area contributed by atoms with E-state index < -0.39 is 5.97 Å². The molecular weight excluding hydrogens is 384 g/mol. The molecule has 0 amide bonds. The molecule has 0 fully saturated rings. The van der Waals surface area contributed by atoms with Crippen molar-refractivity contribution in [2.24, 2.45) is 0 Å². The molecule has 150 valence electrons. The molecule has 0 unspecified atom stereocenters. The van der Waals surface area contributed by atoms with Crippen molar-refractivity contribution < 1.29 is 23.9 Å². The summed E-state index contributed by atoms with van der Waals surface area (Å²) in [6, 6.07) is 16.6. The first kappa shape index (κ1) is 18.2. The fourth-order valence-corrected chi connectivity index (χ4v) is 3.57. The van der Waals surface area contributed by atoms with Crippen molar-refractivity contribution in [2.45, 2.75) is 12.8 Å². The molecule has 0 saturated heterocycles. The molecule has 3 heterocycles.